The lowest BCUT2D eigenvalue weighted by Crippen LogP contribution is -1.84. The van der Waals surface area contributed by atoms with Crippen molar-refractivity contribution in [3.05, 3.63) is 30.2 Å². The number of fused-ring (bicyclic) bond motifs is 1. The van der Waals surface area contributed by atoms with Gasteiger partial charge in [0.2, 0.25) is 5.89 Å². The first-order valence-electron chi connectivity index (χ1n) is 4.23. The first kappa shape index (κ1) is 9.27. The maximum absolute atomic E-state index is 10.7. The van der Waals surface area contributed by atoms with Gasteiger partial charge in [0.1, 0.15) is 5.52 Å². The molecule has 0 radical (unpaired) electrons. The number of hydrogen-bond donors (Lipinski definition) is 0. The highest BCUT2D eigenvalue weighted by Gasteiger charge is 2.05. The van der Waals surface area contributed by atoms with E-state index in [2.05, 4.69) is 4.98 Å². The van der Waals surface area contributed by atoms with Gasteiger partial charge in [-0.25, -0.2) is 4.98 Å². The zero-order valence-corrected chi connectivity index (χ0v) is 8.50. The van der Waals surface area contributed by atoms with Gasteiger partial charge in [-0.1, -0.05) is 23.9 Å². The second-order valence-electron chi connectivity index (χ2n) is 2.86. The highest BCUT2D eigenvalue weighted by molar-refractivity contribution is 8.12. The lowest BCUT2D eigenvalue weighted by atomic mass is 10.3. The van der Waals surface area contributed by atoms with E-state index in [0.717, 1.165) is 11.1 Å². The molecule has 3 nitrogen and oxygen atoms in total. The van der Waals surface area contributed by atoms with Crippen molar-refractivity contribution in [3.63, 3.8) is 0 Å². The van der Waals surface area contributed by atoms with E-state index < -0.39 is 0 Å². The van der Waals surface area contributed by atoms with Crippen LogP contribution in [0.25, 0.3) is 11.1 Å². The summed E-state index contributed by atoms with van der Waals surface area (Å²) in [4.78, 5) is 15.0. The quantitative estimate of drug-likeness (QED) is 0.759. The van der Waals surface area contributed by atoms with Gasteiger partial charge >= 0.3 is 0 Å². The fourth-order valence-electron chi connectivity index (χ4n) is 1.15. The van der Waals surface area contributed by atoms with Gasteiger partial charge in [0, 0.05) is 6.92 Å². The summed E-state index contributed by atoms with van der Waals surface area (Å²) in [5.74, 6) is 1.11. The number of oxazole rings is 1. The summed E-state index contributed by atoms with van der Waals surface area (Å²) in [5.41, 5.74) is 1.61. The molecule has 14 heavy (non-hydrogen) atoms. The van der Waals surface area contributed by atoms with Crippen LogP contribution in [0.1, 0.15) is 12.8 Å². The van der Waals surface area contributed by atoms with Crippen LogP contribution in [0.15, 0.2) is 28.7 Å². The van der Waals surface area contributed by atoms with E-state index in [0.29, 0.717) is 11.6 Å². The molecule has 2 aromatic rings. The minimum absolute atomic E-state index is 0.0762. The van der Waals surface area contributed by atoms with E-state index in [4.69, 9.17) is 4.42 Å². The molecular weight excluding hydrogens is 198 g/mol. The van der Waals surface area contributed by atoms with Gasteiger partial charge in [0.15, 0.2) is 10.7 Å². The van der Waals surface area contributed by atoms with E-state index in [1.807, 2.05) is 24.3 Å². The molecule has 0 saturated heterocycles. The van der Waals surface area contributed by atoms with Gasteiger partial charge in [-0.15, -0.1) is 0 Å². The number of carbonyl (C=O) groups is 1. The molecule has 0 atom stereocenters. The molecule has 1 aromatic heterocycles. The second kappa shape index (κ2) is 3.84. The van der Waals surface area contributed by atoms with Crippen LogP contribution in [0.2, 0.25) is 0 Å². The predicted molar refractivity (Wildman–Crippen MR) is 56.0 cm³/mol. The molecule has 0 N–H and O–H groups in total. The lowest BCUT2D eigenvalue weighted by Gasteiger charge is -1.89. The van der Waals surface area contributed by atoms with Gasteiger partial charge in [-0.3, -0.25) is 4.79 Å². The summed E-state index contributed by atoms with van der Waals surface area (Å²) in [6.45, 7) is 1.54. The average molecular weight is 207 g/mol. The van der Waals surface area contributed by atoms with Gasteiger partial charge in [-0.05, 0) is 12.1 Å². The van der Waals surface area contributed by atoms with Crippen molar-refractivity contribution in [2.75, 3.05) is 0 Å². The van der Waals surface area contributed by atoms with Gasteiger partial charge in [0.05, 0.1) is 5.75 Å². The number of hydrogen-bond acceptors (Lipinski definition) is 4. The fraction of sp³-hybridized carbons (Fsp3) is 0.200. The first-order valence-corrected chi connectivity index (χ1v) is 5.22. The SMILES string of the molecule is CC(=O)SCc1nc2ccccc2o1. The van der Waals surface area contributed by atoms with Gasteiger partial charge < -0.3 is 4.42 Å². The van der Waals surface area contributed by atoms with Crippen LogP contribution in [0, 0.1) is 0 Å². The summed E-state index contributed by atoms with van der Waals surface area (Å²) in [7, 11) is 0. The number of thioether (sulfide) groups is 1. The molecule has 0 saturated carbocycles. The number of carbonyl (C=O) groups excluding carboxylic acids is 1. The zero-order valence-electron chi connectivity index (χ0n) is 7.69. The summed E-state index contributed by atoms with van der Waals surface area (Å²) < 4.78 is 5.43. The van der Waals surface area contributed by atoms with Gasteiger partial charge in [-0.2, -0.15) is 0 Å². The molecule has 1 heterocycles. The topological polar surface area (TPSA) is 43.1 Å². The summed E-state index contributed by atoms with van der Waals surface area (Å²) in [5, 5.41) is 0.0762. The average Bonchev–Trinajstić information content (AvgIpc) is 2.57. The van der Waals surface area contributed by atoms with Gasteiger partial charge in [0.25, 0.3) is 0 Å². The van der Waals surface area contributed by atoms with Crippen molar-refractivity contribution in [2.45, 2.75) is 12.7 Å². The molecule has 2 rings (SSSR count). The Balaban J connectivity index is 2.22. The Kier molecular flexibility index (Phi) is 2.54. The standard InChI is InChI=1S/C10H9NO2S/c1-7(12)14-6-10-11-8-4-2-3-5-9(8)13-10/h2-5H,6H2,1H3. The van der Waals surface area contributed by atoms with Crippen molar-refractivity contribution in [1.29, 1.82) is 0 Å². The predicted octanol–water partition coefficient (Wildman–Crippen LogP) is 2.61. The molecule has 0 spiro atoms. The molecule has 0 fully saturated rings. The third kappa shape index (κ3) is 1.96. The van der Waals surface area contributed by atoms with Crippen LogP contribution < -0.4 is 0 Å². The number of benzene rings is 1. The molecule has 0 amide bonds. The Labute approximate surface area is 85.5 Å². The molecule has 1 aromatic carbocycles. The van der Waals surface area contributed by atoms with Crippen molar-refractivity contribution >= 4 is 28.0 Å². The largest absolute Gasteiger partial charge is 0.440 e. The summed E-state index contributed by atoms with van der Waals surface area (Å²) in [6, 6.07) is 7.56. The highest BCUT2D eigenvalue weighted by Crippen LogP contribution is 2.18. The van der Waals surface area contributed by atoms with E-state index in [1.54, 1.807) is 0 Å². The normalized spacial score (nSPS) is 10.6. The molecule has 72 valence electrons. The molecule has 0 aliphatic heterocycles. The molecule has 0 bridgehead atoms. The fourth-order valence-corrected chi connectivity index (χ4v) is 1.60. The van der Waals surface area contributed by atoms with Crippen LogP contribution >= 0.6 is 11.8 Å². The van der Waals surface area contributed by atoms with Crippen LogP contribution in [-0.2, 0) is 10.5 Å². The van der Waals surface area contributed by atoms with Crippen LogP contribution in [0.5, 0.6) is 0 Å². The van der Waals surface area contributed by atoms with Crippen LogP contribution in [0.3, 0.4) is 0 Å². The Hall–Kier alpha value is -1.29. The summed E-state index contributed by atoms with van der Waals surface area (Å²) in [6.07, 6.45) is 0. The molecule has 0 unspecified atom stereocenters. The first-order chi connectivity index (χ1) is 6.75. The van der Waals surface area contributed by atoms with Crippen LogP contribution in [0.4, 0.5) is 0 Å². The molecule has 4 heteroatoms. The van der Waals surface area contributed by atoms with Crippen molar-refractivity contribution in [1.82, 2.24) is 4.98 Å². The van der Waals surface area contributed by atoms with E-state index in [1.165, 1.54) is 18.7 Å². The number of nitrogens with zero attached hydrogens (tertiary/aromatic N) is 1. The molecule has 0 aliphatic rings. The maximum Gasteiger partial charge on any atom is 0.205 e. The van der Waals surface area contributed by atoms with E-state index in [-0.39, 0.29) is 5.12 Å². The van der Waals surface area contributed by atoms with Crippen molar-refractivity contribution < 1.29 is 9.21 Å². The second-order valence-corrected chi connectivity index (χ2v) is 4.01. The number of rotatable bonds is 2. The van der Waals surface area contributed by atoms with Crippen LogP contribution in [-0.4, -0.2) is 10.1 Å². The summed E-state index contributed by atoms with van der Waals surface area (Å²) >= 11 is 1.20. The minimum atomic E-state index is 0.0762. The number of aromatic nitrogens is 1. The number of para-hydroxylation sites is 2. The third-order valence-electron chi connectivity index (χ3n) is 1.74. The minimum Gasteiger partial charge on any atom is -0.440 e. The molecule has 0 aliphatic carbocycles. The maximum atomic E-state index is 10.7. The van der Waals surface area contributed by atoms with Crippen molar-refractivity contribution in [3.8, 4) is 0 Å². The lowest BCUT2D eigenvalue weighted by molar-refractivity contribution is -0.109. The third-order valence-corrected chi connectivity index (χ3v) is 2.53. The molecular formula is C10H9NO2S. The Morgan fingerprint density at radius 1 is 1.50 bits per heavy atom. The smallest absolute Gasteiger partial charge is 0.205 e. The van der Waals surface area contributed by atoms with Crippen molar-refractivity contribution in [2.24, 2.45) is 0 Å². The Morgan fingerprint density at radius 2 is 2.29 bits per heavy atom. The van der Waals surface area contributed by atoms with E-state index in [9.17, 15) is 4.79 Å². The Bertz CT molecular complexity index is 431. The zero-order chi connectivity index (χ0) is 9.97. The Morgan fingerprint density at radius 3 is 3.00 bits per heavy atom. The van der Waals surface area contributed by atoms with E-state index >= 15 is 0 Å². The highest BCUT2D eigenvalue weighted by atomic mass is 32.2. The monoisotopic (exact) mass is 207 g/mol.